The van der Waals surface area contributed by atoms with Crippen molar-refractivity contribution in [2.24, 2.45) is 5.10 Å². The Balaban J connectivity index is 1.90. The zero-order chi connectivity index (χ0) is 15.1. The number of benzene rings is 1. The first-order chi connectivity index (χ1) is 10.2. The van der Waals surface area contributed by atoms with E-state index < -0.39 is 0 Å². The van der Waals surface area contributed by atoms with Gasteiger partial charge in [0.05, 0.1) is 12.5 Å². The van der Waals surface area contributed by atoms with Crippen LogP contribution in [0.2, 0.25) is 0 Å². The molecule has 1 amide bonds. The smallest absolute Gasteiger partial charge is 0.262 e. The van der Waals surface area contributed by atoms with Crippen molar-refractivity contribution in [1.82, 2.24) is 5.43 Å². The molecule has 1 atom stereocenters. The average molecular weight is 350 g/mol. The number of amides is 1. The van der Waals surface area contributed by atoms with Gasteiger partial charge in [0.15, 0.2) is 0 Å². The highest BCUT2D eigenvalue weighted by Gasteiger charge is 2.15. The Morgan fingerprint density at radius 1 is 1.38 bits per heavy atom. The molecule has 1 aromatic heterocycles. The number of anilines is 1. The number of hydrogen-bond acceptors (Lipinski definition) is 4. The number of hydrazone groups is 1. The Morgan fingerprint density at radius 3 is 2.76 bits per heavy atom. The summed E-state index contributed by atoms with van der Waals surface area (Å²) in [5.74, 6) is 0.396. The van der Waals surface area contributed by atoms with Gasteiger partial charge >= 0.3 is 0 Å². The molecule has 21 heavy (non-hydrogen) atoms. The number of carbonyl (C=O) groups is 1. The van der Waals surface area contributed by atoms with Crippen LogP contribution in [-0.4, -0.2) is 18.2 Å². The molecule has 2 aromatic rings. The first-order valence-electron chi connectivity index (χ1n) is 6.57. The van der Waals surface area contributed by atoms with Crippen LogP contribution >= 0.6 is 15.9 Å². The van der Waals surface area contributed by atoms with Gasteiger partial charge in [-0.15, -0.1) is 0 Å². The minimum absolute atomic E-state index is 0.191. The molecule has 2 rings (SSSR count). The van der Waals surface area contributed by atoms with Crippen LogP contribution in [0.1, 0.15) is 19.1 Å². The predicted molar refractivity (Wildman–Crippen MR) is 86.3 cm³/mol. The maximum atomic E-state index is 12.0. The second-order valence-electron chi connectivity index (χ2n) is 4.36. The van der Waals surface area contributed by atoms with Gasteiger partial charge in [-0.05, 0) is 42.8 Å². The Hall–Kier alpha value is -2.08. The molecule has 1 unspecified atom stereocenters. The minimum Gasteiger partial charge on any atom is -0.463 e. The third kappa shape index (κ3) is 4.75. The summed E-state index contributed by atoms with van der Waals surface area (Å²) >= 11 is 3.38. The SMILES string of the molecule is CCC(Nc1ccc(Br)cc1)C(=O)NN=Cc1ccco1. The molecule has 0 saturated heterocycles. The summed E-state index contributed by atoms with van der Waals surface area (Å²) in [7, 11) is 0. The molecule has 2 N–H and O–H groups in total. The lowest BCUT2D eigenvalue weighted by atomic mass is 10.2. The molecular formula is C15H16BrN3O2. The number of halogens is 1. The number of rotatable bonds is 6. The van der Waals surface area contributed by atoms with E-state index >= 15 is 0 Å². The van der Waals surface area contributed by atoms with E-state index in [-0.39, 0.29) is 11.9 Å². The van der Waals surface area contributed by atoms with Crippen molar-refractivity contribution in [3.63, 3.8) is 0 Å². The second kappa shape index (κ2) is 7.64. The van der Waals surface area contributed by atoms with E-state index in [0.29, 0.717) is 12.2 Å². The summed E-state index contributed by atoms with van der Waals surface area (Å²) in [6.07, 6.45) is 3.66. The fourth-order valence-electron chi connectivity index (χ4n) is 1.70. The van der Waals surface area contributed by atoms with Gasteiger partial charge < -0.3 is 9.73 Å². The van der Waals surface area contributed by atoms with Crippen molar-refractivity contribution in [2.75, 3.05) is 5.32 Å². The van der Waals surface area contributed by atoms with Crippen molar-refractivity contribution in [3.05, 3.63) is 52.9 Å². The normalized spacial score (nSPS) is 12.3. The number of nitrogens with zero attached hydrogens (tertiary/aromatic N) is 1. The van der Waals surface area contributed by atoms with Crippen molar-refractivity contribution >= 4 is 33.7 Å². The maximum absolute atomic E-state index is 12.0. The zero-order valence-corrected chi connectivity index (χ0v) is 13.1. The fourth-order valence-corrected chi connectivity index (χ4v) is 1.97. The molecule has 0 spiro atoms. The first-order valence-corrected chi connectivity index (χ1v) is 7.37. The van der Waals surface area contributed by atoms with Crippen molar-refractivity contribution in [2.45, 2.75) is 19.4 Å². The van der Waals surface area contributed by atoms with Crippen LogP contribution in [0, 0.1) is 0 Å². The van der Waals surface area contributed by atoms with E-state index in [0.717, 1.165) is 10.2 Å². The highest BCUT2D eigenvalue weighted by molar-refractivity contribution is 9.10. The molecule has 6 heteroatoms. The van der Waals surface area contributed by atoms with E-state index in [1.165, 1.54) is 6.21 Å². The third-order valence-corrected chi connectivity index (χ3v) is 3.35. The van der Waals surface area contributed by atoms with Crippen molar-refractivity contribution in [3.8, 4) is 0 Å². The summed E-state index contributed by atoms with van der Waals surface area (Å²) in [5, 5.41) is 7.04. The van der Waals surface area contributed by atoms with Gasteiger partial charge in [-0.3, -0.25) is 4.79 Å². The Morgan fingerprint density at radius 2 is 2.14 bits per heavy atom. The summed E-state index contributed by atoms with van der Waals surface area (Å²) in [4.78, 5) is 12.0. The van der Waals surface area contributed by atoms with Gasteiger partial charge in [-0.2, -0.15) is 5.10 Å². The van der Waals surface area contributed by atoms with E-state index in [9.17, 15) is 4.79 Å². The molecule has 1 aromatic carbocycles. The lowest BCUT2D eigenvalue weighted by Gasteiger charge is -2.16. The van der Waals surface area contributed by atoms with Crippen molar-refractivity contribution < 1.29 is 9.21 Å². The molecule has 0 radical (unpaired) electrons. The van der Waals surface area contributed by atoms with Crippen LogP contribution in [0.4, 0.5) is 5.69 Å². The monoisotopic (exact) mass is 349 g/mol. The Labute approximate surface area is 131 Å². The van der Waals surface area contributed by atoms with Gasteiger partial charge in [0.25, 0.3) is 5.91 Å². The van der Waals surface area contributed by atoms with E-state index in [4.69, 9.17) is 4.42 Å². The van der Waals surface area contributed by atoms with Gasteiger partial charge in [-0.1, -0.05) is 22.9 Å². The molecule has 0 aliphatic rings. The van der Waals surface area contributed by atoms with E-state index in [2.05, 4.69) is 31.8 Å². The minimum atomic E-state index is -0.347. The quantitative estimate of drug-likeness (QED) is 0.620. The molecule has 0 aliphatic carbocycles. The first kappa shape index (κ1) is 15.3. The highest BCUT2D eigenvalue weighted by Crippen LogP contribution is 2.15. The standard InChI is InChI=1S/C15H16BrN3O2/c1-2-14(18-12-7-5-11(16)6-8-12)15(20)19-17-10-13-4-3-9-21-13/h3-10,14,18H,2H2,1H3,(H,19,20). The Kier molecular flexibility index (Phi) is 5.57. The number of nitrogens with one attached hydrogen (secondary N) is 2. The third-order valence-electron chi connectivity index (χ3n) is 2.82. The van der Waals surface area contributed by atoms with E-state index in [1.807, 2.05) is 31.2 Å². The summed E-state index contributed by atoms with van der Waals surface area (Å²) in [6, 6.07) is 10.8. The maximum Gasteiger partial charge on any atom is 0.262 e. The van der Waals surface area contributed by atoms with Gasteiger partial charge in [0.2, 0.25) is 0 Å². The van der Waals surface area contributed by atoms with Crippen molar-refractivity contribution in [1.29, 1.82) is 0 Å². The average Bonchev–Trinajstić information content (AvgIpc) is 3.00. The van der Waals surface area contributed by atoms with Crippen LogP contribution in [0.15, 0.2) is 56.7 Å². The lowest BCUT2D eigenvalue weighted by molar-refractivity contribution is -0.121. The molecule has 0 saturated carbocycles. The molecule has 110 valence electrons. The molecule has 0 bridgehead atoms. The summed E-state index contributed by atoms with van der Waals surface area (Å²) < 4.78 is 6.08. The number of carbonyl (C=O) groups excluding carboxylic acids is 1. The number of hydrogen-bond donors (Lipinski definition) is 2. The summed E-state index contributed by atoms with van der Waals surface area (Å²) in [6.45, 7) is 1.94. The van der Waals surface area contributed by atoms with Gasteiger partial charge in [0, 0.05) is 10.2 Å². The molecule has 0 aliphatic heterocycles. The van der Waals surface area contributed by atoms with Crippen LogP contribution in [0.25, 0.3) is 0 Å². The highest BCUT2D eigenvalue weighted by atomic mass is 79.9. The molecular weight excluding hydrogens is 334 g/mol. The zero-order valence-electron chi connectivity index (χ0n) is 11.5. The second-order valence-corrected chi connectivity index (χ2v) is 5.28. The summed E-state index contributed by atoms with van der Waals surface area (Å²) in [5.41, 5.74) is 3.39. The topological polar surface area (TPSA) is 66.6 Å². The molecule has 5 nitrogen and oxygen atoms in total. The van der Waals surface area contributed by atoms with Crippen LogP contribution in [-0.2, 0) is 4.79 Å². The van der Waals surface area contributed by atoms with Gasteiger partial charge in [0.1, 0.15) is 11.8 Å². The van der Waals surface area contributed by atoms with E-state index in [1.54, 1.807) is 18.4 Å². The molecule has 1 heterocycles. The fraction of sp³-hybridized carbons (Fsp3) is 0.200. The predicted octanol–water partition coefficient (Wildman–Crippen LogP) is 3.38. The van der Waals surface area contributed by atoms with Crippen LogP contribution in [0.3, 0.4) is 0 Å². The van der Waals surface area contributed by atoms with Gasteiger partial charge in [-0.25, -0.2) is 5.43 Å². The molecule has 0 fully saturated rings. The van der Waals surface area contributed by atoms with Crippen LogP contribution in [0.5, 0.6) is 0 Å². The largest absolute Gasteiger partial charge is 0.463 e. The number of furan rings is 1. The van der Waals surface area contributed by atoms with Crippen LogP contribution < -0.4 is 10.7 Å². The Bertz CT molecular complexity index is 594. The lowest BCUT2D eigenvalue weighted by Crippen LogP contribution is -2.36.